The second kappa shape index (κ2) is 8.71. The summed E-state index contributed by atoms with van der Waals surface area (Å²) in [7, 11) is 0. The van der Waals surface area contributed by atoms with Crippen molar-refractivity contribution in [3.63, 3.8) is 0 Å². The first-order valence-electron chi connectivity index (χ1n) is 6.20. The van der Waals surface area contributed by atoms with Gasteiger partial charge >= 0.3 is 0 Å². The van der Waals surface area contributed by atoms with Crippen LogP contribution in [0, 0.1) is 11.8 Å². The molecule has 98 valence electrons. The minimum Gasteiger partial charge on any atom is -0.376 e. The molecule has 1 aromatic rings. The van der Waals surface area contributed by atoms with Crippen LogP contribution in [0.3, 0.4) is 0 Å². The molecule has 0 saturated heterocycles. The lowest BCUT2D eigenvalue weighted by Crippen LogP contribution is -2.09. The van der Waals surface area contributed by atoms with Crippen LogP contribution in [0.25, 0.3) is 0 Å². The van der Waals surface area contributed by atoms with Crippen LogP contribution in [0.5, 0.6) is 0 Å². The minimum absolute atomic E-state index is 0.247. The van der Waals surface area contributed by atoms with Crippen molar-refractivity contribution in [3.05, 3.63) is 35.4 Å². The van der Waals surface area contributed by atoms with Crippen LogP contribution in [-0.4, -0.2) is 25.9 Å². The molecule has 0 spiro atoms. The second-order valence-corrected chi connectivity index (χ2v) is 4.14. The molecular formula is C15H21NO2. The fraction of sp³-hybridized carbons (Fsp3) is 0.467. The van der Waals surface area contributed by atoms with Crippen LogP contribution in [0.2, 0.25) is 0 Å². The van der Waals surface area contributed by atoms with E-state index in [-0.39, 0.29) is 6.10 Å². The van der Waals surface area contributed by atoms with E-state index in [1.165, 1.54) is 0 Å². The van der Waals surface area contributed by atoms with E-state index in [9.17, 15) is 0 Å². The van der Waals surface area contributed by atoms with Crippen molar-refractivity contribution in [2.75, 3.05) is 19.8 Å². The fourth-order valence-electron chi connectivity index (χ4n) is 1.44. The Balaban J connectivity index is 2.42. The van der Waals surface area contributed by atoms with Gasteiger partial charge in [0.1, 0.15) is 0 Å². The van der Waals surface area contributed by atoms with Gasteiger partial charge in [-0.3, -0.25) is 0 Å². The molecule has 0 bridgehead atoms. The molecule has 0 radical (unpaired) electrons. The van der Waals surface area contributed by atoms with Gasteiger partial charge in [-0.1, -0.05) is 30.0 Å². The largest absolute Gasteiger partial charge is 0.376 e. The number of hydrogen-bond acceptors (Lipinski definition) is 3. The van der Waals surface area contributed by atoms with E-state index >= 15 is 0 Å². The van der Waals surface area contributed by atoms with Gasteiger partial charge in [0.05, 0.1) is 32.5 Å². The highest BCUT2D eigenvalue weighted by Crippen LogP contribution is 2.08. The maximum absolute atomic E-state index is 5.57. The molecule has 18 heavy (non-hydrogen) atoms. The zero-order valence-electron chi connectivity index (χ0n) is 11.1. The monoisotopic (exact) mass is 247 g/mol. The third-order valence-electron chi connectivity index (χ3n) is 2.28. The molecule has 0 aliphatic carbocycles. The highest BCUT2D eigenvalue weighted by molar-refractivity contribution is 5.41. The molecule has 0 amide bonds. The summed E-state index contributed by atoms with van der Waals surface area (Å²) in [5, 5.41) is 0. The third kappa shape index (κ3) is 5.83. The number of hydrogen-bond donors (Lipinski definition) is 1. The van der Waals surface area contributed by atoms with Gasteiger partial charge in [0.15, 0.2) is 0 Å². The van der Waals surface area contributed by atoms with E-state index in [1.54, 1.807) is 0 Å². The Morgan fingerprint density at radius 2 is 2.00 bits per heavy atom. The number of benzene rings is 1. The average molecular weight is 247 g/mol. The summed E-state index contributed by atoms with van der Waals surface area (Å²) in [4.78, 5) is 0. The zero-order chi connectivity index (χ0) is 13.2. The summed E-state index contributed by atoms with van der Waals surface area (Å²) in [6.07, 6.45) is 0.247. The Kier molecular flexibility index (Phi) is 7.12. The normalized spacial score (nSPS) is 10.2. The van der Waals surface area contributed by atoms with E-state index in [2.05, 4.69) is 11.8 Å². The molecule has 1 aromatic carbocycles. The number of rotatable bonds is 6. The van der Waals surface area contributed by atoms with E-state index in [0.29, 0.717) is 26.4 Å². The molecule has 3 heteroatoms. The molecule has 3 nitrogen and oxygen atoms in total. The Morgan fingerprint density at radius 1 is 1.22 bits per heavy atom. The van der Waals surface area contributed by atoms with E-state index in [1.807, 2.05) is 38.1 Å². The highest BCUT2D eigenvalue weighted by Gasteiger charge is 1.99. The Labute approximate surface area is 109 Å². The van der Waals surface area contributed by atoms with Gasteiger partial charge in [0, 0.05) is 5.56 Å². The molecule has 0 unspecified atom stereocenters. The quantitative estimate of drug-likeness (QED) is 0.617. The van der Waals surface area contributed by atoms with E-state index in [4.69, 9.17) is 15.2 Å². The smallest absolute Gasteiger partial charge is 0.0730 e. The highest BCUT2D eigenvalue weighted by atomic mass is 16.5. The number of nitrogens with two attached hydrogens (primary N) is 1. The summed E-state index contributed by atoms with van der Waals surface area (Å²) in [5.74, 6) is 5.90. The van der Waals surface area contributed by atoms with Crippen LogP contribution in [0.1, 0.15) is 25.0 Å². The van der Waals surface area contributed by atoms with E-state index < -0.39 is 0 Å². The average Bonchev–Trinajstić information content (AvgIpc) is 2.36. The van der Waals surface area contributed by atoms with Gasteiger partial charge in [-0.25, -0.2) is 0 Å². The van der Waals surface area contributed by atoms with E-state index in [0.717, 1.165) is 11.1 Å². The van der Waals surface area contributed by atoms with Crippen molar-refractivity contribution in [2.24, 2.45) is 5.73 Å². The predicted octanol–water partition coefficient (Wildman–Crippen LogP) is 1.94. The van der Waals surface area contributed by atoms with Crippen LogP contribution >= 0.6 is 0 Å². The predicted molar refractivity (Wildman–Crippen MR) is 73.1 cm³/mol. The molecule has 0 fully saturated rings. The lowest BCUT2D eigenvalue weighted by molar-refractivity contribution is 0.0142. The summed E-state index contributed by atoms with van der Waals surface area (Å²) in [6.45, 7) is 6.16. The Morgan fingerprint density at radius 3 is 2.72 bits per heavy atom. The first-order chi connectivity index (χ1) is 8.74. The Hall–Kier alpha value is -1.34. The lowest BCUT2D eigenvalue weighted by Gasteiger charge is -2.09. The molecule has 1 rings (SSSR count). The second-order valence-electron chi connectivity index (χ2n) is 4.14. The van der Waals surface area contributed by atoms with Crippen molar-refractivity contribution in [3.8, 4) is 11.8 Å². The lowest BCUT2D eigenvalue weighted by atomic mass is 10.1. The fourth-order valence-corrected chi connectivity index (χ4v) is 1.44. The van der Waals surface area contributed by atoms with Gasteiger partial charge in [0.2, 0.25) is 0 Å². The molecule has 0 aromatic heterocycles. The van der Waals surface area contributed by atoms with Crippen LogP contribution < -0.4 is 5.73 Å². The SMILES string of the molecule is CC(C)OCCOCc1ccccc1C#CCN. The van der Waals surface area contributed by atoms with Crippen molar-refractivity contribution in [1.29, 1.82) is 0 Å². The molecule has 0 atom stereocenters. The summed E-state index contributed by atoms with van der Waals surface area (Å²) in [6, 6.07) is 7.94. The molecule has 0 aliphatic rings. The summed E-state index contributed by atoms with van der Waals surface area (Å²) in [5.41, 5.74) is 7.44. The molecule has 0 heterocycles. The molecular weight excluding hydrogens is 226 g/mol. The maximum atomic E-state index is 5.57. The standard InChI is InChI=1S/C15H21NO2/c1-13(2)18-11-10-17-12-15-7-4-3-6-14(15)8-5-9-16/h3-4,6-7,13H,9-12,16H2,1-2H3. The summed E-state index contributed by atoms with van der Waals surface area (Å²) >= 11 is 0. The van der Waals surface area contributed by atoms with Gasteiger partial charge in [-0.15, -0.1) is 0 Å². The van der Waals surface area contributed by atoms with Crippen molar-refractivity contribution in [2.45, 2.75) is 26.6 Å². The van der Waals surface area contributed by atoms with Crippen LogP contribution in [-0.2, 0) is 16.1 Å². The maximum Gasteiger partial charge on any atom is 0.0730 e. The minimum atomic E-state index is 0.247. The van der Waals surface area contributed by atoms with Crippen molar-refractivity contribution in [1.82, 2.24) is 0 Å². The van der Waals surface area contributed by atoms with Crippen LogP contribution in [0.15, 0.2) is 24.3 Å². The molecule has 2 N–H and O–H groups in total. The van der Waals surface area contributed by atoms with Gasteiger partial charge in [0.25, 0.3) is 0 Å². The third-order valence-corrected chi connectivity index (χ3v) is 2.28. The van der Waals surface area contributed by atoms with Crippen molar-refractivity contribution < 1.29 is 9.47 Å². The number of ether oxygens (including phenoxy) is 2. The molecule has 0 saturated carbocycles. The van der Waals surface area contributed by atoms with Gasteiger partial charge < -0.3 is 15.2 Å². The first-order valence-corrected chi connectivity index (χ1v) is 6.20. The summed E-state index contributed by atoms with van der Waals surface area (Å²) < 4.78 is 11.0. The molecule has 0 aliphatic heterocycles. The van der Waals surface area contributed by atoms with Gasteiger partial charge in [-0.05, 0) is 25.5 Å². The van der Waals surface area contributed by atoms with Gasteiger partial charge in [-0.2, -0.15) is 0 Å². The Bertz CT molecular complexity index is 404. The zero-order valence-corrected chi connectivity index (χ0v) is 11.1. The van der Waals surface area contributed by atoms with Crippen molar-refractivity contribution >= 4 is 0 Å². The van der Waals surface area contributed by atoms with Crippen LogP contribution in [0.4, 0.5) is 0 Å². The first kappa shape index (κ1) is 14.7. The topological polar surface area (TPSA) is 44.5 Å².